The van der Waals surface area contributed by atoms with Crippen molar-refractivity contribution in [2.24, 2.45) is 5.92 Å². The second-order valence-corrected chi connectivity index (χ2v) is 5.83. The number of rotatable bonds is 4. The minimum Gasteiger partial charge on any atom is -0.323 e. The zero-order valence-corrected chi connectivity index (χ0v) is 12.5. The first kappa shape index (κ1) is 13.5. The normalized spacial score (nSPS) is 35.3. The van der Waals surface area contributed by atoms with E-state index in [0.717, 1.165) is 10.9 Å². The lowest BCUT2D eigenvalue weighted by atomic mass is 9.96. The van der Waals surface area contributed by atoms with E-state index >= 15 is 0 Å². The van der Waals surface area contributed by atoms with E-state index in [9.17, 15) is 0 Å². The van der Waals surface area contributed by atoms with E-state index in [-0.39, 0.29) is 31.1 Å². The lowest BCUT2D eigenvalue weighted by Crippen LogP contribution is -2.55. The van der Waals surface area contributed by atoms with Crippen LogP contribution in [0.5, 0.6) is 0 Å². The van der Waals surface area contributed by atoms with Crippen molar-refractivity contribution in [1.29, 1.82) is 0 Å². The third-order valence-electron chi connectivity index (χ3n) is 3.39. The summed E-state index contributed by atoms with van der Waals surface area (Å²) in [6.45, 7) is 3.77. The average molecular weight is 329 g/mol. The zero-order chi connectivity index (χ0) is 13.4. The van der Waals surface area contributed by atoms with Crippen LogP contribution < -0.4 is 0 Å². The molecule has 0 spiro atoms. The summed E-state index contributed by atoms with van der Waals surface area (Å²) >= 11 is 3.44. The fourth-order valence-electron chi connectivity index (χ4n) is 2.39. The lowest BCUT2D eigenvalue weighted by Gasteiger charge is -2.46. The van der Waals surface area contributed by atoms with E-state index in [4.69, 9.17) is 18.9 Å². The average Bonchev–Trinajstić information content (AvgIpc) is 2.31. The molecule has 0 aromatic heterocycles. The topological polar surface area (TPSA) is 36.9 Å². The van der Waals surface area contributed by atoms with Crippen LogP contribution in [0.2, 0.25) is 0 Å². The van der Waals surface area contributed by atoms with Crippen LogP contribution in [0.3, 0.4) is 0 Å². The van der Waals surface area contributed by atoms with Crippen molar-refractivity contribution < 1.29 is 18.9 Å². The molecule has 2 aliphatic rings. The molecule has 0 unspecified atom stereocenters. The summed E-state index contributed by atoms with van der Waals surface area (Å²) in [6, 6.07) is 8.23. The van der Waals surface area contributed by atoms with Gasteiger partial charge in [0.15, 0.2) is 25.2 Å². The van der Waals surface area contributed by atoms with Gasteiger partial charge in [0.05, 0.1) is 5.92 Å². The molecular weight excluding hydrogens is 312 g/mol. The van der Waals surface area contributed by atoms with Crippen LogP contribution in [0.4, 0.5) is 0 Å². The van der Waals surface area contributed by atoms with Gasteiger partial charge in [-0.25, -0.2) is 0 Å². The lowest BCUT2D eigenvalue weighted by molar-refractivity contribution is -0.453. The Bertz CT molecular complexity index is 406. The first-order valence-electron chi connectivity index (χ1n) is 6.48. The summed E-state index contributed by atoms with van der Waals surface area (Å²) in [5.74, 6) is 0.0635. The van der Waals surface area contributed by atoms with Crippen molar-refractivity contribution in [1.82, 2.24) is 0 Å². The SMILES string of the molecule is CC1OC(C(Cc2ccc(Br)cc2)C2OC(C)O2)O1. The maximum absolute atomic E-state index is 5.60. The summed E-state index contributed by atoms with van der Waals surface area (Å²) in [5.41, 5.74) is 1.21. The zero-order valence-electron chi connectivity index (χ0n) is 10.9. The summed E-state index contributed by atoms with van der Waals surface area (Å²) in [4.78, 5) is 0. The first-order valence-corrected chi connectivity index (χ1v) is 7.27. The van der Waals surface area contributed by atoms with E-state index in [0.29, 0.717) is 0 Å². The Balaban J connectivity index is 1.66. The Kier molecular flexibility index (Phi) is 3.91. The van der Waals surface area contributed by atoms with Crippen LogP contribution >= 0.6 is 15.9 Å². The molecule has 0 saturated carbocycles. The highest BCUT2D eigenvalue weighted by Crippen LogP contribution is 2.35. The van der Waals surface area contributed by atoms with Gasteiger partial charge in [0.1, 0.15) is 0 Å². The summed E-state index contributed by atoms with van der Waals surface area (Å²) in [7, 11) is 0. The van der Waals surface area contributed by atoms with Crippen molar-refractivity contribution in [3.63, 3.8) is 0 Å². The Morgan fingerprint density at radius 2 is 1.42 bits per heavy atom. The standard InChI is InChI=1S/C14H17BrO4/c1-8-16-13(17-8)12(14-18-9(2)19-14)7-10-3-5-11(15)6-4-10/h3-6,8-9,12-14H,7H2,1-2H3. The fourth-order valence-corrected chi connectivity index (χ4v) is 2.66. The summed E-state index contributed by atoms with van der Waals surface area (Å²) in [5, 5.41) is 0. The molecule has 2 heterocycles. The molecule has 2 aliphatic heterocycles. The molecule has 0 aliphatic carbocycles. The molecule has 0 N–H and O–H groups in total. The monoisotopic (exact) mass is 328 g/mol. The molecule has 3 rings (SSSR count). The molecule has 1 aromatic carbocycles. The van der Waals surface area contributed by atoms with Crippen molar-refractivity contribution in [2.75, 3.05) is 0 Å². The molecule has 104 valence electrons. The van der Waals surface area contributed by atoms with Crippen LogP contribution in [0.1, 0.15) is 19.4 Å². The molecule has 2 saturated heterocycles. The molecule has 0 atom stereocenters. The molecule has 4 nitrogen and oxygen atoms in total. The van der Waals surface area contributed by atoms with E-state index in [1.54, 1.807) is 0 Å². The van der Waals surface area contributed by atoms with Crippen LogP contribution in [0.15, 0.2) is 28.7 Å². The predicted molar refractivity (Wildman–Crippen MR) is 72.2 cm³/mol. The minimum atomic E-state index is -0.240. The maximum atomic E-state index is 5.60. The predicted octanol–water partition coefficient (Wildman–Crippen LogP) is 3.05. The van der Waals surface area contributed by atoms with Gasteiger partial charge in [0.25, 0.3) is 0 Å². The van der Waals surface area contributed by atoms with Gasteiger partial charge >= 0.3 is 0 Å². The third-order valence-corrected chi connectivity index (χ3v) is 3.92. The Morgan fingerprint density at radius 1 is 0.947 bits per heavy atom. The van der Waals surface area contributed by atoms with Crippen molar-refractivity contribution >= 4 is 15.9 Å². The summed E-state index contributed by atoms with van der Waals surface area (Å²) in [6.07, 6.45) is 0.0688. The number of hydrogen-bond donors (Lipinski definition) is 0. The maximum Gasteiger partial charge on any atom is 0.171 e. The van der Waals surface area contributed by atoms with Gasteiger partial charge in [-0.3, -0.25) is 0 Å². The Hall–Kier alpha value is -0.460. The number of benzene rings is 1. The van der Waals surface area contributed by atoms with Gasteiger partial charge in [-0.15, -0.1) is 0 Å². The van der Waals surface area contributed by atoms with Crippen LogP contribution in [-0.4, -0.2) is 25.2 Å². The largest absolute Gasteiger partial charge is 0.323 e. The first-order chi connectivity index (χ1) is 9.11. The van der Waals surface area contributed by atoms with E-state index in [2.05, 4.69) is 28.1 Å². The second kappa shape index (κ2) is 5.50. The van der Waals surface area contributed by atoms with Crippen molar-refractivity contribution in [3.8, 4) is 0 Å². The Labute approximate surface area is 121 Å². The van der Waals surface area contributed by atoms with Gasteiger partial charge < -0.3 is 18.9 Å². The number of ether oxygens (including phenoxy) is 4. The van der Waals surface area contributed by atoms with Gasteiger partial charge in [0.2, 0.25) is 0 Å². The fraction of sp³-hybridized carbons (Fsp3) is 0.571. The molecule has 1 aromatic rings. The van der Waals surface area contributed by atoms with Crippen LogP contribution in [0, 0.1) is 5.92 Å². The van der Waals surface area contributed by atoms with Gasteiger partial charge in [-0.05, 0) is 38.0 Å². The molecular formula is C14H17BrO4. The molecule has 0 bridgehead atoms. The molecule has 5 heteroatoms. The van der Waals surface area contributed by atoms with Gasteiger partial charge in [-0.2, -0.15) is 0 Å². The molecule has 0 radical (unpaired) electrons. The highest BCUT2D eigenvalue weighted by Gasteiger charge is 2.45. The quantitative estimate of drug-likeness (QED) is 0.851. The molecule has 0 amide bonds. The highest BCUT2D eigenvalue weighted by molar-refractivity contribution is 9.10. The minimum absolute atomic E-state index is 0.0635. The smallest absolute Gasteiger partial charge is 0.171 e. The van der Waals surface area contributed by atoms with Crippen molar-refractivity contribution in [2.45, 2.75) is 45.4 Å². The number of hydrogen-bond acceptors (Lipinski definition) is 4. The van der Waals surface area contributed by atoms with Gasteiger partial charge in [0, 0.05) is 4.47 Å². The second-order valence-electron chi connectivity index (χ2n) is 4.91. The molecule has 2 fully saturated rings. The van der Waals surface area contributed by atoms with E-state index in [1.807, 2.05) is 26.0 Å². The van der Waals surface area contributed by atoms with Crippen LogP contribution in [0.25, 0.3) is 0 Å². The summed E-state index contributed by atoms with van der Waals surface area (Å²) < 4.78 is 23.5. The van der Waals surface area contributed by atoms with E-state index in [1.165, 1.54) is 5.56 Å². The highest BCUT2D eigenvalue weighted by atomic mass is 79.9. The van der Waals surface area contributed by atoms with Gasteiger partial charge in [-0.1, -0.05) is 28.1 Å². The van der Waals surface area contributed by atoms with Crippen LogP contribution in [-0.2, 0) is 25.4 Å². The third kappa shape index (κ3) is 3.01. The Morgan fingerprint density at radius 3 is 1.84 bits per heavy atom. The number of halogens is 1. The van der Waals surface area contributed by atoms with Crippen molar-refractivity contribution in [3.05, 3.63) is 34.3 Å². The van der Waals surface area contributed by atoms with E-state index < -0.39 is 0 Å². The molecule has 19 heavy (non-hydrogen) atoms.